The number of hydrogen-bond donors (Lipinski definition) is 0. The molecule has 0 saturated carbocycles. The van der Waals surface area contributed by atoms with Crippen molar-refractivity contribution in [1.29, 1.82) is 0 Å². The van der Waals surface area contributed by atoms with Crippen LogP contribution in [0.4, 0.5) is 0 Å². The summed E-state index contributed by atoms with van der Waals surface area (Å²) in [5, 5.41) is 0. The molecule has 0 aromatic rings. The van der Waals surface area contributed by atoms with E-state index in [-0.39, 0.29) is 0 Å². The Balaban J connectivity index is 1.63. The largest absolute Gasteiger partial charge is 0.414 e. The van der Waals surface area contributed by atoms with Crippen LogP contribution in [0.2, 0.25) is 12.1 Å². The molecule has 27 heavy (non-hydrogen) atoms. The fourth-order valence-corrected chi connectivity index (χ4v) is 9.16. The summed E-state index contributed by atoms with van der Waals surface area (Å²) in [6.07, 6.45) is 11.7. The Morgan fingerprint density at radius 2 is 1.63 bits per heavy atom. The van der Waals surface area contributed by atoms with E-state index in [1.54, 1.807) is 0 Å². The van der Waals surface area contributed by atoms with Crippen LogP contribution < -0.4 is 0 Å². The molecule has 160 valence electrons. The lowest BCUT2D eigenvalue weighted by Gasteiger charge is -2.43. The Morgan fingerprint density at radius 3 is 2.15 bits per heavy atom. The van der Waals surface area contributed by atoms with Crippen molar-refractivity contribution in [3.8, 4) is 0 Å². The number of unbranched alkanes of at least 4 members (excludes halogenated alkanes) is 4. The van der Waals surface area contributed by atoms with Crippen molar-refractivity contribution in [2.45, 2.75) is 102 Å². The lowest BCUT2D eigenvalue weighted by Crippen LogP contribution is -2.56. The minimum atomic E-state index is -1.73. The van der Waals surface area contributed by atoms with Gasteiger partial charge in [0.2, 0.25) is 8.32 Å². The molecule has 0 aromatic carbocycles. The van der Waals surface area contributed by atoms with Crippen LogP contribution in [0.3, 0.4) is 0 Å². The minimum Gasteiger partial charge on any atom is -0.414 e. The van der Waals surface area contributed by atoms with Gasteiger partial charge in [-0.25, -0.2) is 0 Å². The van der Waals surface area contributed by atoms with E-state index >= 15 is 0 Å². The molecule has 0 aliphatic carbocycles. The van der Waals surface area contributed by atoms with Gasteiger partial charge in [0.15, 0.2) is 0 Å². The Hall–Kier alpha value is 0.0569. The molecule has 2 rings (SSSR count). The van der Waals surface area contributed by atoms with E-state index in [4.69, 9.17) is 18.6 Å². The highest BCUT2D eigenvalue weighted by molar-refractivity contribution is 6.75. The van der Waals surface area contributed by atoms with E-state index in [9.17, 15) is 0 Å². The maximum Gasteiger partial charge on any atom is 0.221 e. The lowest BCUT2D eigenvalue weighted by atomic mass is 9.95. The molecular formula is C22H44O4Si. The predicted octanol–water partition coefficient (Wildman–Crippen LogP) is 5.49. The molecule has 4 unspecified atom stereocenters. The zero-order chi connectivity index (χ0) is 19.4. The van der Waals surface area contributed by atoms with Gasteiger partial charge < -0.3 is 18.6 Å². The Labute approximate surface area is 168 Å². The van der Waals surface area contributed by atoms with Crippen molar-refractivity contribution >= 4 is 8.32 Å². The van der Waals surface area contributed by atoms with E-state index in [0.29, 0.717) is 17.7 Å². The second kappa shape index (κ2) is 13.3. The third-order valence-corrected chi connectivity index (χ3v) is 11.3. The molecule has 0 spiro atoms. The molecule has 0 aromatic heterocycles. The van der Waals surface area contributed by atoms with Crippen molar-refractivity contribution < 1.29 is 18.6 Å². The molecule has 5 heteroatoms. The van der Waals surface area contributed by atoms with Crippen LogP contribution in [0.5, 0.6) is 0 Å². The minimum absolute atomic E-state index is 0.457. The number of hydrogen-bond acceptors (Lipinski definition) is 4. The second-order valence-corrected chi connectivity index (χ2v) is 12.4. The summed E-state index contributed by atoms with van der Waals surface area (Å²) in [6, 6.07) is 2.55. The van der Waals surface area contributed by atoms with Crippen molar-refractivity contribution in [2.24, 2.45) is 5.92 Å². The van der Waals surface area contributed by atoms with Gasteiger partial charge in [0.1, 0.15) is 0 Å². The fourth-order valence-electron chi connectivity index (χ4n) is 4.45. The molecule has 4 nitrogen and oxygen atoms in total. The van der Waals surface area contributed by atoms with Gasteiger partial charge in [0.05, 0.1) is 18.4 Å². The van der Waals surface area contributed by atoms with Gasteiger partial charge in [-0.3, -0.25) is 0 Å². The summed E-state index contributed by atoms with van der Waals surface area (Å²) < 4.78 is 24.0. The maximum atomic E-state index is 6.47. The summed E-state index contributed by atoms with van der Waals surface area (Å²) in [5.41, 5.74) is 0.457. The van der Waals surface area contributed by atoms with Crippen LogP contribution >= 0.6 is 0 Å². The van der Waals surface area contributed by atoms with Crippen molar-refractivity contribution in [1.82, 2.24) is 0 Å². The molecule has 0 radical (unpaired) electrons. The summed E-state index contributed by atoms with van der Waals surface area (Å²) in [6.45, 7) is 11.2. The molecular weight excluding hydrogens is 356 g/mol. The maximum absolute atomic E-state index is 6.47. The van der Waals surface area contributed by atoms with E-state index in [1.807, 2.05) is 0 Å². The first-order chi connectivity index (χ1) is 13.3. The Kier molecular flexibility index (Phi) is 11.5. The van der Waals surface area contributed by atoms with Crippen LogP contribution in [0.25, 0.3) is 0 Å². The molecule has 0 amide bonds. The normalized spacial score (nSPS) is 25.4. The highest BCUT2D eigenvalue weighted by Crippen LogP contribution is 2.34. The first-order valence-corrected chi connectivity index (χ1v) is 14.1. The third kappa shape index (κ3) is 7.43. The van der Waals surface area contributed by atoms with Gasteiger partial charge in [-0.15, -0.1) is 0 Å². The molecule has 2 saturated heterocycles. The van der Waals surface area contributed by atoms with Crippen LogP contribution in [-0.4, -0.2) is 53.2 Å². The second-order valence-electron chi connectivity index (χ2n) is 8.35. The molecule has 2 heterocycles. The van der Waals surface area contributed by atoms with Crippen molar-refractivity contribution in [3.63, 3.8) is 0 Å². The smallest absolute Gasteiger partial charge is 0.221 e. The highest BCUT2D eigenvalue weighted by Gasteiger charge is 2.46. The quantitative estimate of drug-likeness (QED) is 0.239. The van der Waals surface area contributed by atoms with Gasteiger partial charge in [0.25, 0.3) is 0 Å². The first kappa shape index (κ1) is 23.3. The lowest BCUT2D eigenvalue weighted by molar-refractivity contribution is -0.103. The van der Waals surface area contributed by atoms with Gasteiger partial charge in [-0.05, 0) is 44.7 Å². The number of ether oxygens (including phenoxy) is 3. The highest BCUT2D eigenvalue weighted by atomic mass is 28.4. The molecule has 2 aliphatic heterocycles. The van der Waals surface area contributed by atoms with Crippen molar-refractivity contribution in [2.75, 3.05) is 33.0 Å². The van der Waals surface area contributed by atoms with Gasteiger partial charge in [-0.2, -0.15) is 0 Å². The Bertz CT molecular complexity index is 373. The average molecular weight is 401 g/mol. The zero-order valence-corrected chi connectivity index (χ0v) is 19.2. The topological polar surface area (TPSA) is 36.9 Å². The summed E-state index contributed by atoms with van der Waals surface area (Å²) >= 11 is 0. The molecule has 0 bridgehead atoms. The van der Waals surface area contributed by atoms with E-state index in [2.05, 4.69) is 20.8 Å². The first-order valence-electron chi connectivity index (χ1n) is 11.7. The van der Waals surface area contributed by atoms with Gasteiger partial charge in [-0.1, -0.05) is 46.0 Å². The summed E-state index contributed by atoms with van der Waals surface area (Å²) in [5.74, 6) is 0.589. The molecule has 0 N–H and O–H groups in total. The average Bonchev–Trinajstić information content (AvgIpc) is 2.57. The SMILES string of the molecule is CCCCC[Si](CCCCCOCC(CC)C1CCO1)(OCC)C1CCO1. The number of rotatable bonds is 17. The van der Waals surface area contributed by atoms with Crippen LogP contribution in [0, 0.1) is 5.92 Å². The third-order valence-electron chi connectivity index (χ3n) is 6.43. The Morgan fingerprint density at radius 1 is 0.926 bits per heavy atom. The monoisotopic (exact) mass is 400 g/mol. The van der Waals surface area contributed by atoms with Crippen LogP contribution in [0.1, 0.15) is 78.6 Å². The van der Waals surface area contributed by atoms with Gasteiger partial charge >= 0.3 is 0 Å². The standard InChI is InChI=1S/C22H44O4Si/c1-4-7-10-17-27(26-6-3,22-13-16-25-22)18-11-8-9-14-23-19-20(5-2)21-12-15-24-21/h20-22H,4-19H2,1-3H3. The molecule has 2 fully saturated rings. The van der Waals surface area contributed by atoms with Gasteiger partial charge in [0, 0.05) is 32.3 Å². The predicted molar refractivity (Wildman–Crippen MR) is 114 cm³/mol. The van der Waals surface area contributed by atoms with E-state index in [1.165, 1.54) is 63.5 Å². The van der Waals surface area contributed by atoms with Crippen molar-refractivity contribution in [3.05, 3.63) is 0 Å². The fraction of sp³-hybridized carbons (Fsp3) is 1.00. The zero-order valence-electron chi connectivity index (χ0n) is 18.2. The molecule has 2 aliphatic rings. The molecule has 4 atom stereocenters. The van der Waals surface area contributed by atoms with E-state index < -0.39 is 8.32 Å². The van der Waals surface area contributed by atoms with Crippen LogP contribution in [-0.2, 0) is 18.6 Å². The summed E-state index contributed by atoms with van der Waals surface area (Å²) in [7, 11) is -1.73. The van der Waals surface area contributed by atoms with Crippen LogP contribution in [0.15, 0.2) is 0 Å². The van der Waals surface area contributed by atoms with E-state index in [0.717, 1.165) is 39.5 Å². The summed E-state index contributed by atoms with van der Waals surface area (Å²) in [4.78, 5) is 0.